The highest BCUT2D eigenvalue weighted by molar-refractivity contribution is 7.88. The van der Waals surface area contributed by atoms with Gasteiger partial charge in [-0.05, 0) is 36.2 Å². The molecule has 0 amide bonds. The van der Waals surface area contributed by atoms with Gasteiger partial charge in [0.25, 0.3) is 5.60 Å². The van der Waals surface area contributed by atoms with Crippen molar-refractivity contribution >= 4 is 27.1 Å². The highest BCUT2D eigenvalue weighted by atomic mass is 32.2. The first kappa shape index (κ1) is 30.0. The lowest BCUT2D eigenvalue weighted by Gasteiger charge is -2.32. The Morgan fingerprint density at radius 1 is 0.900 bits per heavy atom. The number of alkyl halides is 6. The highest BCUT2D eigenvalue weighted by Gasteiger charge is 2.74. The van der Waals surface area contributed by atoms with Crippen molar-refractivity contribution < 1.29 is 48.6 Å². The summed E-state index contributed by atoms with van der Waals surface area (Å²) in [5, 5.41) is 13.9. The van der Waals surface area contributed by atoms with E-state index < -0.39 is 63.5 Å². The second-order valence-electron chi connectivity index (χ2n) is 9.51. The maximum Gasteiger partial charge on any atom is 0.431 e. The minimum atomic E-state index is -6.19. The Bertz CT molecular complexity index is 1370. The SMILES string of the molecule is CS(=O)(=O)N1CCCN(c2ccc(C3CC(C(O)(C(F)(F)F)C(F)(F)F)=NN3c3ccc(F)cc3F)cc2)CC1. The van der Waals surface area contributed by atoms with Crippen LogP contribution >= 0.6 is 0 Å². The maximum atomic E-state index is 14.6. The van der Waals surface area contributed by atoms with Crippen LogP contribution in [0.1, 0.15) is 24.4 Å². The summed E-state index contributed by atoms with van der Waals surface area (Å²) in [6.45, 7) is 1.35. The van der Waals surface area contributed by atoms with E-state index in [1.165, 1.54) is 16.4 Å². The molecule has 0 aromatic heterocycles. The molecular formula is C24H24F8N4O3S. The van der Waals surface area contributed by atoms with Gasteiger partial charge in [-0.3, -0.25) is 5.01 Å². The van der Waals surface area contributed by atoms with E-state index in [0.29, 0.717) is 42.8 Å². The first-order valence-electron chi connectivity index (χ1n) is 11.9. The van der Waals surface area contributed by atoms with Crippen molar-refractivity contribution in [2.75, 3.05) is 42.3 Å². The van der Waals surface area contributed by atoms with Gasteiger partial charge in [-0.2, -0.15) is 31.4 Å². The topological polar surface area (TPSA) is 76.5 Å². The van der Waals surface area contributed by atoms with Crippen LogP contribution in [0.2, 0.25) is 0 Å². The molecule has 7 nitrogen and oxygen atoms in total. The highest BCUT2D eigenvalue weighted by Crippen LogP contribution is 2.49. The predicted molar refractivity (Wildman–Crippen MR) is 130 cm³/mol. The fourth-order valence-corrected chi connectivity index (χ4v) is 5.63. The number of hydrazone groups is 1. The van der Waals surface area contributed by atoms with E-state index in [1.807, 2.05) is 4.90 Å². The maximum absolute atomic E-state index is 14.6. The van der Waals surface area contributed by atoms with Gasteiger partial charge in [0.15, 0.2) is 5.82 Å². The van der Waals surface area contributed by atoms with E-state index in [4.69, 9.17) is 0 Å². The molecule has 220 valence electrons. The Morgan fingerprint density at radius 2 is 1.52 bits per heavy atom. The molecule has 0 spiro atoms. The Hall–Kier alpha value is -2.98. The lowest BCUT2D eigenvalue weighted by Crippen LogP contribution is -2.62. The number of benzene rings is 2. The van der Waals surface area contributed by atoms with E-state index >= 15 is 0 Å². The van der Waals surface area contributed by atoms with Crippen LogP contribution in [0, 0.1) is 11.6 Å². The number of aliphatic hydroxyl groups is 1. The number of nitrogens with zero attached hydrogens (tertiary/aromatic N) is 4. The Labute approximate surface area is 224 Å². The Morgan fingerprint density at radius 3 is 2.08 bits per heavy atom. The van der Waals surface area contributed by atoms with E-state index in [-0.39, 0.29) is 12.1 Å². The molecule has 1 saturated heterocycles. The molecule has 4 rings (SSSR count). The summed E-state index contributed by atoms with van der Waals surface area (Å²) in [6.07, 6.45) is -11.8. The number of halogens is 8. The van der Waals surface area contributed by atoms with Crippen molar-refractivity contribution in [2.24, 2.45) is 5.10 Å². The zero-order valence-electron chi connectivity index (χ0n) is 20.8. The molecule has 0 saturated carbocycles. The largest absolute Gasteiger partial charge is 0.431 e. The summed E-state index contributed by atoms with van der Waals surface area (Å²) in [6, 6.07) is 6.49. The van der Waals surface area contributed by atoms with E-state index in [1.54, 1.807) is 12.1 Å². The van der Waals surface area contributed by atoms with Gasteiger partial charge in [0.2, 0.25) is 10.0 Å². The third kappa shape index (κ3) is 5.61. The number of hydrogen-bond acceptors (Lipinski definition) is 6. The minimum Gasteiger partial charge on any atom is -0.370 e. The summed E-state index contributed by atoms with van der Waals surface area (Å²) >= 11 is 0. The normalized spacial score (nSPS) is 20.1. The predicted octanol–water partition coefficient (Wildman–Crippen LogP) is 4.60. The smallest absolute Gasteiger partial charge is 0.370 e. The van der Waals surface area contributed by atoms with Gasteiger partial charge in [0, 0.05) is 44.4 Å². The monoisotopic (exact) mass is 600 g/mol. The zero-order valence-corrected chi connectivity index (χ0v) is 21.7. The third-order valence-corrected chi connectivity index (χ3v) is 8.18. The average molecular weight is 601 g/mol. The number of hydrogen-bond donors (Lipinski definition) is 1. The molecule has 1 N–H and O–H groups in total. The van der Waals surface area contributed by atoms with Crippen molar-refractivity contribution in [3.63, 3.8) is 0 Å². The molecule has 16 heteroatoms. The fraction of sp³-hybridized carbons (Fsp3) is 0.458. The minimum absolute atomic E-state index is 0.144. The molecule has 2 aliphatic heterocycles. The van der Waals surface area contributed by atoms with Crippen LogP contribution in [-0.4, -0.2) is 73.9 Å². The first-order chi connectivity index (χ1) is 18.4. The summed E-state index contributed by atoms with van der Waals surface area (Å²) in [5.41, 5.74) is -6.84. The van der Waals surface area contributed by atoms with Crippen molar-refractivity contribution in [2.45, 2.75) is 36.8 Å². The molecule has 2 aliphatic rings. The summed E-state index contributed by atoms with van der Waals surface area (Å²) in [5.74, 6) is -2.31. The molecule has 1 unspecified atom stereocenters. The second-order valence-corrected chi connectivity index (χ2v) is 11.5. The van der Waals surface area contributed by atoms with Crippen LogP contribution < -0.4 is 9.91 Å². The summed E-state index contributed by atoms with van der Waals surface area (Å²) in [7, 11) is -3.40. The van der Waals surface area contributed by atoms with E-state index in [9.17, 15) is 48.6 Å². The summed E-state index contributed by atoms with van der Waals surface area (Å²) in [4.78, 5) is 1.87. The van der Waals surface area contributed by atoms with Crippen molar-refractivity contribution in [1.82, 2.24) is 4.31 Å². The molecule has 2 aromatic carbocycles. The number of rotatable bonds is 5. The number of anilines is 2. The van der Waals surface area contributed by atoms with Crippen LogP contribution in [-0.2, 0) is 10.0 Å². The van der Waals surface area contributed by atoms with Gasteiger partial charge in [0.1, 0.15) is 5.82 Å². The molecule has 0 radical (unpaired) electrons. The Balaban J connectivity index is 1.69. The molecule has 0 aliphatic carbocycles. The van der Waals surface area contributed by atoms with Gasteiger partial charge in [-0.25, -0.2) is 21.5 Å². The van der Waals surface area contributed by atoms with Crippen molar-refractivity contribution in [1.29, 1.82) is 0 Å². The van der Waals surface area contributed by atoms with E-state index in [2.05, 4.69) is 5.10 Å². The van der Waals surface area contributed by atoms with Gasteiger partial charge in [-0.15, -0.1) is 0 Å². The summed E-state index contributed by atoms with van der Waals surface area (Å²) < 4.78 is 135. The molecule has 1 fully saturated rings. The molecular weight excluding hydrogens is 576 g/mol. The molecule has 40 heavy (non-hydrogen) atoms. The van der Waals surface area contributed by atoms with Crippen LogP contribution in [0.3, 0.4) is 0 Å². The molecule has 1 atom stereocenters. The van der Waals surface area contributed by atoms with Gasteiger partial charge in [0.05, 0.1) is 23.7 Å². The second kappa shape index (κ2) is 10.4. The van der Waals surface area contributed by atoms with Crippen LogP contribution in [0.15, 0.2) is 47.6 Å². The van der Waals surface area contributed by atoms with Gasteiger partial charge >= 0.3 is 12.4 Å². The van der Waals surface area contributed by atoms with Crippen LogP contribution in [0.25, 0.3) is 0 Å². The first-order valence-corrected chi connectivity index (χ1v) is 13.8. The van der Waals surface area contributed by atoms with E-state index in [0.717, 1.165) is 18.4 Å². The van der Waals surface area contributed by atoms with Crippen LogP contribution in [0.5, 0.6) is 0 Å². The number of sulfonamides is 1. The van der Waals surface area contributed by atoms with Crippen LogP contribution in [0.4, 0.5) is 46.5 Å². The zero-order chi connectivity index (χ0) is 29.7. The average Bonchev–Trinajstić information content (AvgIpc) is 3.10. The van der Waals surface area contributed by atoms with Gasteiger partial charge < -0.3 is 10.0 Å². The quantitative estimate of drug-likeness (QED) is 0.508. The lowest BCUT2D eigenvalue weighted by molar-refractivity contribution is -0.338. The standard InChI is InChI=1S/C24H24F8N4O3S/c1-40(38,39)35-10-2-9-34(11-12-35)17-6-3-15(4-7-17)20-14-21(22(37,23(27,28)29)24(30,31)32)33-36(20)19-8-5-16(25)13-18(19)26/h3-8,13,20,37H,2,9-12,14H2,1H3. The lowest BCUT2D eigenvalue weighted by atomic mass is 9.90. The van der Waals surface area contributed by atoms with Gasteiger partial charge in [-0.1, -0.05) is 12.1 Å². The Kier molecular flexibility index (Phi) is 7.83. The molecule has 0 bridgehead atoms. The third-order valence-electron chi connectivity index (χ3n) is 6.87. The van der Waals surface area contributed by atoms with Crippen molar-refractivity contribution in [3.8, 4) is 0 Å². The van der Waals surface area contributed by atoms with Crippen molar-refractivity contribution in [3.05, 3.63) is 59.7 Å². The fourth-order valence-electron chi connectivity index (χ4n) is 4.76. The molecule has 2 aromatic rings. The molecule has 2 heterocycles.